The maximum atomic E-state index is 12.0. The van der Waals surface area contributed by atoms with Crippen LogP contribution in [0.25, 0.3) is 0 Å². The van der Waals surface area contributed by atoms with E-state index in [4.69, 9.17) is 4.74 Å². The minimum absolute atomic E-state index is 0.156. The van der Waals surface area contributed by atoms with Crippen molar-refractivity contribution in [3.05, 3.63) is 11.6 Å². The lowest BCUT2D eigenvalue weighted by Gasteiger charge is -2.35. The van der Waals surface area contributed by atoms with Crippen molar-refractivity contribution in [3.8, 4) is 0 Å². The van der Waals surface area contributed by atoms with Gasteiger partial charge < -0.3 is 4.74 Å². The minimum atomic E-state index is -0.631. The van der Waals surface area contributed by atoms with Gasteiger partial charge in [-0.2, -0.15) is 0 Å². The third-order valence-corrected chi connectivity index (χ3v) is 5.67. The van der Waals surface area contributed by atoms with E-state index in [9.17, 15) is 9.00 Å². The number of ether oxygens (including phenoxy) is 1. The van der Waals surface area contributed by atoms with Crippen molar-refractivity contribution in [2.75, 3.05) is 6.61 Å². The summed E-state index contributed by atoms with van der Waals surface area (Å²) in [4.78, 5) is 11.3. The summed E-state index contributed by atoms with van der Waals surface area (Å²) in [6, 6.07) is 0. The summed E-state index contributed by atoms with van der Waals surface area (Å²) < 4.78 is 16.9. The normalized spacial score (nSPS) is 32.1. The van der Waals surface area contributed by atoms with Crippen molar-refractivity contribution >= 4 is 16.8 Å². The summed E-state index contributed by atoms with van der Waals surface area (Å²) in [5.74, 6) is -0.156. The van der Waals surface area contributed by atoms with E-state index in [2.05, 4.69) is 0 Å². The van der Waals surface area contributed by atoms with Crippen molar-refractivity contribution < 1.29 is 13.7 Å². The minimum Gasteiger partial charge on any atom is -0.466 e. The lowest BCUT2D eigenvalue weighted by atomic mass is 9.93. The van der Waals surface area contributed by atoms with Gasteiger partial charge in [0.25, 0.3) is 0 Å². The topological polar surface area (TPSA) is 43.4 Å². The first-order chi connectivity index (χ1) is 8.20. The van der Waals surface area contributed by atoms with E-state index in [0.717, 1.165) is 25.7 Å². The van der Waals surface area contributed by atoms with Gasteiger partial charge in [-0.25, -0.2) is 0 Å². The molecule has 2 bridgehead atoms. The Balaban J connectivity index is 1.93. The number of allylic oxidation sites excluding steroid dienone is 1. The SMILES string of the molecule is CCOC(=O)CC=C1CC2CCCC(C1)S2=O. The van der Waals surface area contributed by atoms with E-state index in [0.29, 0.717) is 23.5 Å². The zero-order valence-corrected chi connectivity index (χ0v) is 11.1. The second kappa shape index (κ2) is 5.80. The smallest absolute Gasteiger partial charge is 0.309 e. The molecule has 0 N–H and O–H groups in total. The van der Waals surface area contributed by atoms with Crippen LogP contribution in [0.1, 0.15) is 45.4 Å². The lowest BCUT2D eigenvalue weighted by Crippen LogP contribution is -2.36. The molecular weight excluding hydrogens is 236 g/mol. The molecule has 4 heteroatoms. The van der Waals surface area contributed by atoms with Crippen LogP contribution in [-0.2, 0) is 20.3 Å². The number of carbonyl (C=O) groups excluding carboxylic acids is 1. The van der Waals surface area contributed by atoms with Gasteiger partial charge in [0.1, 0.15) is 0 Å². The second-order valence-corrected chi connectivity index (χ2v) is 6.77. The van der Waals surface area contributed by atoms with E-state index in [1.54, 1.807) is 0 Å². The molecule has 0 spiro atoms. The van der Waals surface area contributed by atoms with E-state index in [1.807, 2.05) is 13.0 Å². The molecule has 2 saturated heterocycles. The fourth-order valence-corrected chi connectivity index (χ4v) is 4.83. The molecule has 0 aliphatic carbocycles. The molecule has 2 aliphatic rings. The van der Waals surface area contributed by atoms with Crippen LogP contribution < -0.4 is 0 Å². The van der Waals surface area contributed by atoms with Crippen molar-refractivity contribution in [1.29, 1.82) is 0 Å². The van der Waals surface area contributed by atoms with Gasteiger partial charge in [-0.15, -0.1) is 0 Å². The number of esters is 1. The maximum absolute atomic E-state index is 12.0. The molecule has 0 radical (unpaired) electrons. The number of hydrogen-bond donors (Lipinski definition) is 0. The first-order valence-corrected chi connectivity index (χ1v) is 7.71. The average molecular weight is 256 g/mol. The van der Waals surface area contributed by atoms with Crippen LogP contribution >= 0.6 is 0 Å². The quantitative estimate of drug-likeness (QED) is 0.575. The van der Waals surface area contributed by atoms with E-state index in [1.165, 1.54) is 12.0 Å². The van der Waals surface area contributed by atoms with Crippen LogP contribution in [0.4, 0.5) is 0 Å². The van der Waals surface area contributed by atoms with Crippen molar-refractivity contribution in [1.82, 2.24) is 0 Å². The van der Waals surface area contributed by atoms with Gasteiger partial charge in [0, 0.05) is 21.3 Å². The molecule has 2 heterocycles. The molecule has 17 heavy (non-hydrogen) atoms. The van der Waals surface area contributed by atoms with Gasteiger partial charge in [0.05, 0.1) is 13.0 Å². The Morgan fingerprint density at radius 2 is 2.06 bits per heavy atom. The molecule has 2 rings (SSSR count). The molecule has 2 unspecified atom stereocenters. The van der Waals surface area contributed by atoms with Gasteiger partial charge in [-0.1, -0.05) is 18.1 Å². The number of fused-ring (bicyclic) bond motifs is 2. The van der Waals surface area contributed by atoms with Crippen LogP contribution in [0.5, 0.6) is 0 Å². The van der Waals surface area contributed by atoms with Crippen molar-refractivity contribution in [3.63, 3.8) is 0 Å². The van der Waals surface area contributed by atoms with Crippen LogP contribution in [0.3, 0.4) is 0 Å². The van der Waals surface area contributed by atoms with E-state index in [-0.39, 0.29) is 5.97 Å². The fourth-order valence-electron chi connectivity index (χ4n) is 2.73. The van der Waals surface area contributed by atoms with Crippen LogP contribution in [0.2, 0.25) is 0 Å². The molecule has 0 aromatic carbocycles. The Kier molecular flexibility index (Phi) is 4.37. The summed E-state index contributed by atoms with van der Waals surface area (Å²) in [5, 5.41) is 0.687. The molecular formula is C13H20O3S. The molecule has 0 aromatic rings. The summed E-state index contributed by atoms with van der Waals surface area (Å²) in [7, 11) is -0.631. The van der Waals surface area contributed by atoms with Gasteiger partial charge in [-0.05, 0) is 32.6 Å². The maximum Gasteiger partial charge on any atom is 0.309 e. The highest BCUT2D eigenvalue weighted by Gasteiger charge is 2.35. The molecule has 2 fully saturated rings. The van der Waals surface area contributed by atoms with Gasteiger partial charge >= 0.3 is 5.97 Å². The van der Waals surface area contributed by atoms with Crippen LogP contribution in [-0.4, -0.2) is 27.3 Å². The van der Waals surface area contributed by atoms with Crippen molar-refractivity contribution in [2.45, 2.75) is 55.9 Å². The first kappa shape index (κ1) is 12.8. The predicted octanol–water partition coefficient (Wildman–Crippen LogP) is 2.33. The molecule has 2 atom stereocenters. The van der Waals surface area contributed by atoms with Crippen LogP contribution in [0, 0.1) is 0 Å². The number of hydrogen-bond acceptors (Lipinski definition) is 3. The van der Waals surface area contributed by atoms with Crippen LogP contribution in [0.15, 0.2) is 11.6 Å². The number of rotatable bonds is 3. The highest BCUT2D eigenvalue weighted by Crippen LogP contribution is 2.36. The number of carbonyl (C=O) groups is 1. The predicted molar refractivity (Wildman–Crippen MR) is 68.1 cm³/mol. The monoisotopic (exact) mass is 256 g/mol. The third-order valence-electron chi connectivity index (χ3n) is 3.55. The zero-order chi connectivity index (χ0) is 12.3. The summed E-state index contributed by atoms with van der Waals surface area (Å²) >= 11 is 0. The summed E-state index contributed by atoms with van der Waals surface area (Å²) in [6.07, 6.45) is 7.59. The highest BCUT2D eigenvalue weighted by molar-refractivity contribution is 7.86. The Hall–Kier alpha value is -0.640. The first-order valence-electron chi connectivity index (χ1n) is 6.43. The standard InChI is InChI=1S/C13H20O3S/c1-2-16-13(14)7-6-10-8-11-4-3-5-12(9-10)17(11)15/h6,11-12H,2-5,7-9H2,1H3. The second-order valence-electron chi connectivity index (χ2n) is 4.78. The zero-order valence-electron chi connectivity index (χ0n) is 10.3. The Morgan fingerprint density at radius 3 is 2.65 bits per heavy atom. The molecule has 2 aliphatic heterocycles. The average Bonchev–Trinajstić information content (AvgIpc) is 2.27. The van der Waals surface area contributed by atoms with Gasteiger partial charge in [0.15, 0.2) is 0 Å². The molecule has 0 aromatic heterocycles. The Labute approximate surface area is 105 Å². The summed E-state index contributed by atoms with van der Waals surface area (Å²) in [5.41, 5.74) is 1.31. The Morgan fingerprint density at radius 1 is 1.41 bits per heavy atom. The fraction of sp³-hybridized carbons (Fsp3) is 0.769. The third kappa shape index (κ3) is 3.18. The molecule has 3 nitrogen and oxygen atoms in total. The molecule has 0 amide bonds. The van der Waals surface area contributed by atoms with Gasteiger partial charge in [0.2, 0.25) is 0 Å². The highest BCUT2D eigenvalue weighted by atomic mass is 32.2. The summed E-state index contributed by atoms with van der Waals surface area (Å²) in [6.45, 7) is 2.26. The Bertz CT molecular complexity index is 331. The van der Waals surface area contributed by atoms with Crippen molar-refractivity contribution in [2.24, 2.45) is 0 Å². The molecule has 96 valence electrons. The largest absolute Gasteiger partial charge is 0.466 e. The van der Waals surface area contributed by atoms with Gasteiger partial charge in [-0.3, -0.25) is 9.00 Å². The molecule has 0 saturated carbocycles. The van der Waals surface area contributed by atoms with E-state index >= 15 is 0 Å². The van der Waals surface area contributed by atoms with E-state index < -0.39 is 10.8 Å². The lowest BCUT2D eigenvalue weighted by molar-refractivity contribution is -0.142.